The number of ether oxygens (including phenoxy) is 1. The molecule has 0 radical (unpaired) electrons. The van der Waals surface area contributed by atoms with Gasteiger partial charge in [0.25, 0.3) is 10.0 Å². The Labute approximate surface area is 275 Å². The summed E-state index contributed by atoms with van der Waals surface area (Å²) in [5.74, 6) is -1.55. The zero-order valence-electron chi connectivity index (χ0n) is 25.4. The Bertz CT molecular complexity index is 1800. The lowest BCUT2D eigenvalue weighted by atomic mass is 9.96. The molecule has 3 aromatic rings. The fraction of sp³-hybridized carbons (Fsp3) is 0.324. The fourth-order valence-corrected chi connectivity index (χ4v) is 7.74. The van der Waals surface area contributed by atoms with Crippen LogP contribution in [-0.4, -0.2) is 50.1 Å². The number of alkyl halides is 3. The number of rotatable bonds is 9. The fourth-order valence-electron chi connectivity index (χ4n) is 5.88. The van der Waals surface area contributed by atoms with E-state index in [0.29, 0.717) is 56.0 Å². The molecule has 0 aromatic heterocycles. The first-order chi connectivity index (χ1) is 22.1. The van der Waals surface area contributed by atoms with Gasteiger partial charge >= 0.3 is 12.1 Å². The number of hydrogen-bond donors (Lipinski definition) is 1. The molecule has 2 heterocycles. The molecule has 0 bridgehead atoms. The van der Waals surface area contributed by atoms with E-state index < -0.39 is 50.5 Å². The minimum absolute atomic E-state index is 0.120. The number of carboxylic acids is 1. The molecule has 5 rings (SSSR count). The molecular formula is C34H33ClF4N2O5S. The van der Waals surface area contributed by atoms with Gasteiger partial charge in [-0.2, -0.15) is 13.2 Å². The van der Waals surface area contributed by atoms with Crippen molar-refractivity contribution < 1.29 is 40.6 Å². The van der Waals surface area contributed by atoms with Crippen molar-refractivity contribution >= 4 is 44.9 Å². The summed E-state index contributed by atoms with van der Waals surface area (Å²) in [6.07, 6.45) is -2.04. The molecule has 0 saturated carbocycles. The van der Waals surface area contributed by atoms with Crippen LogP contribution in [0.4, 0.5) is 23.2 Å². The highest BCUT2D eigenvalue weighted by Crippen LogP contribution is 2.41. The lowest BCUT2D eigenvalue weighted by Gasteiger charge is -2.37. The minimum atomic E-state index is -4.75. The van der Waals surface area contributed by atoms with Crippen LogP contribution in [0.3, 0.4) is 0 Å². The van der Waals surface area contributed by atoms with Crippen LogP contribution in [0.2, 0.25) is 5.02 Å². The van der Waals surface area contributed by atoms with Crippen molar-refractivity contribution in [3.05, 3.63) is 100 Å². The lowest BCUT2D eigenvalue weighted by Crippen LogP contribution is -2.44. The number of fused-ring (bicyclic) bond motifs is 1. The van der Waals surface area contributed by atoms with Gasteiger partial charge < -0.3 is 14.7 Å². The molecule has 2 aliphatic rings. The standard InChI is InChI=1S/C34H33ClF4N2O5S/c1-21(32-28(35)7-4-8-29(32)36)17-23-10-12-31-30(18-23)41(47(44,45)27-6-3-5-25(19-27)34(37,38)39)20-26(46-31)11-9-22(2)40-15-13-24(14-16-40)33(42)43/h3-8,10,12,17-19,24,26H,2,9,11,13-16,20H2,1H3,(H,42,43)/b21-17+/t26-/m0/s1. The molecule has 250 valence electrons. The number of carboxylic acid groups (broad SMARTS) is 1. The van der Waals surface area contributed by atoms with E-state index in [2.05, 4.69) is 6.58 Å². The Morgan fingerprint density at radius 3 is 2.47 bits per heavy atom. The number of allylic oxidation sites excluding steroid dienone is 2. The van der Waals surface area contributed by atoms with Crippen LogP contribution in [0.25, 0.3) is 11.6 Å². The number of piperidine rings is 1. The number of aliphatic carboxylic acids is 1. The number of sulfonamides is 1. The maximum Gasteiger partial charge on any atom is 0.416 e. The highest BCUT2D eigenvalue weighted by molar-refractivity contribution is 7.92. The normalized spacial score (nSPS) is 17.7. The largest absolute Gasteiger partial charge is 0.486 e. The molecule has 1 atom stereocenters. The Kier molecular flexibility index (Phi) is 9.93. The van der Waals surface area contributed by atoms with Crippen molar-refractivity contribution in [2.45, 2.75) is 49.8 Å². The van der Waals surface area contributed by atoms with E-state index in [1.54, 1.807) is 31.2 Å². The summed E-state index contributed by atoms with van der Waals surface area (Å²) in [6, 6.07) is 12.6. The van der Waals surface area contributed by atoms with Gasteiger partial charge in [0.15, 0.2) is 0 Å². The predicted molar refractivity (Wildman–Crippen MR) is 172 cm³/mol. The van der Waals surface area contributed by atoms with Gasteiger partial charge in [0.05, 0.1) is 33.6 Å². The van der Waals surface area contributed by atoms with Crippen LogP contribution in [0, 0.1) is 11.7 Å². The first kappa shape index (κ1) is 34.3. The number of carbonyl (C=O) groups is 1. The van der Waals surface area contributed by atoms with Gasteiger partial charge in [0.1, 0.15) is 17.7 Å². The molecule has 3 aromatic carbocycles. The number of anilines is 1. The summed E-state index contributed by atoms with van der Waals surface area (Å²) in [6.45, 7) is 6.68. The molecule has 47 heavy (non-hydrogen) atoms. The maximum atomic E-state index is 14.6. The maximum absolute atomic E-state index is 14.6. The molecule has 0 spiro atoms. The van der Waals surface area contributed by atoms with E-state index >= 15 is 0 Å². The molecule has 0 amide bonds. The van der Waals surface area contributed by atoms with Crippen LogP contribution in [-0.2, 0) is 21.0 Å². The second-order valence-electron chi connectivity index (χ2n) is 11.7. The summed E-state index contributed by atoms with van der Waals surface area (Å²) in [7, 11) is -4.51. The molecule has 7 nitrogen and oxygen atoms in total. The van der Waals surface area contributed by atoms with Crippen molar-refractivity contribution in [2.24, 2.45) is 5.92 Å². The van der Waals surface area contributed by atoms with E-state index in [9.17, 15) is 35.9 Å². The summed E-state index contributed by atoms with van der Waals surface area (Å²) >= 11 is 6.24. The summed E-state index contributed by atoms with van der Waals surface area (Å²) < 4.78 is 90.6. The third kappa shape index (κ3) is 7.59. The lowest BCUT2D eigenvalue weighted by molar-refractivity contribution is -0.143. The Hall–Kier alpha value is -4.03. The molecule has 1 saturated heterocycles. The van der Waals surface area contributed by atoms with E-state index in [1.165, 1.54) is 18.2 Å². The Morgan fingerprint density at radius 2 is 1.81 bits per heavy atom. The summed E-state index contributed by atoms with van der Waals surface area (Å²) in [4.78, 5) is 12.8. The first-order valence-electron chi connectivity index (χ1n) is 14.9. The van der Waals surface area contributed by atoms with E-state index in [4.69, 9.17) is 16.3 Å². The van der Waals surface area contributed by atoms with Gasteiger partial charge in [-0.1, -0.05) is 42.5 Å². The average molecular weight is 693 g/mol. The van der Waals surface area contributed by atoms with Crippen molar-refractivity contribution in [1.29, 1.82) is 0 Å². The quantitative estimate of drug-likeness (QED) is 0.180. The monoisotopic (exact) mass is 692 g/mol. The van der Waals surface area contributed by atoms with E-state index in [0.717, 1.165) is 28.2 Å². The highest BCUT2D eigenvalue weighted by atomic mass is 35.5. The molecule has 1 N–H and O–H groups in total. The topological polar surface area (TPSA) is 87.2 Å². The highest BCUT2D eigenvalue weighted by Gasteiger charge is 2.37. The van der Waals surface area contributed by atoms with Crippen LogP contribution in [0.5, 0.6) is 5.75 Å². The van der Waals surface area contributed by atoms with Crippen molar-refractivity contribution in [2.75, 3.05) is 23.9 Å². The average Bonchev–Trinajstić information content (AvgIpc) is 3.03. The third-order valence-corrected chi connectivity index (χ3v) is 10.5. The van der Waals surface area contributed by atoms with Crippen LogP contribution in [0.15, 0.2) is 77.8 Å². The van der Waals surface area contributed by atoms with Gasteiger partial charge in [0, 0.05) is 24.4 Å². The molecule has 0 unspecified atom stereocenters. The van der Waals surface area contributed by atoms with Crippen LogP contribution in [0.1, 0.15) is 49.3 Å². The molecule has 0 aliphatic carbocycles. The Morgan fingerprint density at radius 1 is 1.11 bits per heavy atom. The van der Waals surface area contributed by atoms with E-state index in [1.807, 2.05) is 4.90 Å². The zero-order chi connectivity index (χ0) is 34.1. The number of likely N-dealkylation sites (tertiary alicyclic amines) is 1. The van der Waals surface area contributed by atoms with Gasteiger partial charge in [-0.15, -0.1) is 0 Å². The minimum Gasteiger partial charge on any atom is -0.486 e. The second-order valence-corrected chi connectivity index (χ2v) is 13.9. The van der Waals surface area contributed by atoms with Crippen LogP contribution < -0.4 is 9.04 Å². The van der Waals surface area contributed by atoms with Crippen molar-refractivity contribution in [3.8, 4) is 5.75 Å². The second kappa shape index (κ2) is 13.6. The van der Waals surface area contributed by atoms with Crippen LogP contribution >= 0.6 is 11.6 Å². The number of halogens is 5. The molecule has 2 aliphatic heterocycles. The van der Waals surface area contributed by atoms with Gasteiger partial charge in [-0.25, -0.2) is 12.8 Å². The summed E-state index contributed by atoms with van der Waals surface area (Å²) in [5, 5.41) is 9.49. The zero-order valence-corrected chi connectivity index (χ0v) is 27.0. The third-order valence-electron chi connectivity index (χ3n) is 8.45. The first-order valence-corrected chi connectivity index (χ1v) is 16.8. The predicted octanol–water partition coefficient (Wildman–Crippen LogP) is 8.11. The number of hydrogen-bond acceptors (Lipinski definition) is 5. The van der Waals surface area contributed by atoms with Gasteiger partial charge in [-0.3, -0.25) is 9.10 Å². The molecule has 1 fully saturated rings. The van der Waals surface area contributed by atoms with Crippen molar-refractivity contribution in [3.63, 3.8) is 0 Å². The summed E-state index contributed by atoms with van der Waals surface area (Å²) in [5.41, 5.74) is 0.934. The molecular weight excluding hydrogens is 660 g/mol. The van der Waals surface area contributed by atoms with Gasteiger partial charge in [-0.05, 0) is 86.2 Å². The Balaban J connectivity index is 1.46. The number of benzene rings is 3. The van der Waals surface area contributed by atoms with Gasteiger partial charge in [0.2, 0.25) is 0 Å². The number of nitrogens with zero attached hydrogens (tertiary/aromatic N) is 2. The molecule has 13 heteroatoms. The smallest absolute Gasteiger partial charge is 0.416 e. The van der Waals surface area contributed by atoms with E-state index in [-0.39, 0.29) is 28.6 Å². The SMILES string of the molecule is C=C(CC[C@H]1CN(S(=O)(=O)c2cccc(C(F)(F)F)c2)c2cc(/C=C(\C)c3c(F)cccc3Cl)ccc2O1)N1CCC(C(=O)O)CC1. The van der Waals surface area contributed by atoms with Crippen molar-refractivity contribution in [1.82, 2.24) is 4.90 Å².